The van der Waals surface area contributed by atoms with Crippen molar-refractivity contribution in [3.8, 4) is 5.75 Å². The summed E-state index contributed by atoms with van der Waals surface area (Å²) >= 11 is 0. The van der Waals surface area contributed by atoms with Crippen molar-refractivity contribution in [2.75, 3.05) is 29.1 Å². The predicted molar refractivity (Wildman–Crippen MR) is 225 cm³/mol. The van der Waals surface area contributed by atoms with Crippen LogP contribution in [-0.4, -0.2) is 90.7 Å². The molecule has 1 heterocycles. The number of carbonyl (C=O) groups excluding carboxylic acids is 1. The molecule has 1 unspecified atom stereocenters. The first-order valence-corrected chi connectivity index (χ1v) is 23.1. The van der Waals surface area contributed by atoms with Crippen LogP contribution in [0.25, 0.3) is 21.5 Å². The molecule has 5 aromatic carbocycles. The molecule has 0 bridgehead atoms. The second-order valence-electron chi connectivity index (χ2n) is 13.0. The van der Waals surface area contributed by atoms with Crippen molar-refractivity contribution in [2.24, 2.45) is 16.1 Å². The Labute approximate surface area is 359 Å². The number of rotatable bonds is 15. The molecular weight excluding hydrogens is 913 g/mol. The van der Waals surface area contributed by atoms with Crippen LogP contribution in [0.1, 0.15) is 20.3 Å². The minimum absolute atomic E-state index is 0.0287. The Hall–Kier alpha value is -6.75. The highest BCUT2D eigenvalue weighted by Crippen LogP contribution is 2.42. The number of carbonyl (C=O) groups is 1. The molecular formula is C36H34N8O15S4. The van der Waals surface area contributed by atoms with Crippen LogP contribution in [0.3, 0.4) is 0 Å². The Kier molecular flexibility index (Phi) is 14.7. The maximum Gasteiger partial charge on any atom is 0.425 e. The van der Waals surface area contributed by atoms with E-state index in [0.29, 0.717) is 11.8 Å². The van der Waals surface area contributed by atoms with Gasteiger partial charge in [-0.1, -0.05) is 50.2 Å². The van der Waals surface area contributed by atoms with E-state index in [0.717, 1.165) is 24.3 Å². The monoisotopic (exact) mass is 946 g/mol. The number of fused-ring (bicyclic) bond motifs is 2. The van der Waals surface area contributed by atoms with Gasteiger partial charge in [0.2, 0.25) is 17.8 Å². The minimum Gasteiger partial charge on any atom is -0.505 e. The summed E-state index contributed by atoms with van der Waals surface area (Å²) in [7, 11) is -17.3. The molecule has 0 aliphatic heterocycles. The van der Waals surface area contributed by atoms with E-state index in [9.17, 15) is 48.8 Å². The third-order valence-corrected chi connectivity index (χ3v) is 11.3. The van der Waals surface area contributed by atoms with Crippen molar-refractivity contribution in [3.05, 3.63) is 84.9 Å². The topological polar surface area (TPSA) is 360 Å². The molecule has 0 aliphatic rings. The van der Waals surface area contributed by atoms with Crippen molar-refractivity contribution >= 4 is 109 Å². The quantitative estimate of drug-likeness (QED) is 0.0288. The van der Waals surface area contributed by atoms with Gasteiger partial charge < -0.3 is 25.8 Å². The number of hydrogen-bond acceptors (Lipinski definition) is 20. The zero-order valence-corrected chi connectivity index (χ0v) is 35.7. The summed E-state index contributed by atoms with van der Waals surface area (Å²) in [4.78, 5) is 23.6. The van der Waals surface area contributed by atoms with Crippen molar-refractivity contribution in [3.63, 3.8) is 0 Å². The van der Waals surface area contributed by atoms with Crippen LogP contribution < -0.4 is 16.0 Å². The van der Waals surface area contributed by atoms with Gasteiger partial charge in [-0.2, -0.15) is 40.2 Å². The SMILES string of the molecule is CCC(C)C(=O)OCCNc1nc(Nc2ccc(S(=O)(=O)O)cc2)nc(Nc2cc(S(=O)(=O)O)cc3ccc(N=Nc4ccc5ccccc5c4S(=O)(=O)O)c(O)c23)n1.O=S(=O)=O. The van der Waals surface area contributed by atoms with Gasteiger partial charge in [-0.05, 0) is 65.7 Å². The Balaban J connectivity index is 0.00000179. The number of esters is 1. The van der Waals surface area contributed by atoms with Crippen LogP contribution in [-0.2, 0) is 50.5 Å². The van der Waals surface area contributed by atoms with E-state index in [2.05, 4.69) is 41.1 Å². The zero-order chi connectivity index (χ0) is 46.3. The van der Waals surface area contributed by atoms with Crippen molar-refractivity contribution < 1.29 is 66.2 Å². The fourth-order valence-electron chi connectivity index (χ4n) is 5.58. The fraction of sp³-hybridized carbons (Fsp3) is 0.167. The standard InChI is InChI=1S/C36H34N8O12S3.O3S/c1-3-20(2)33(46)56-17-16-37-34-40-35(38-23-10-12-24(13-11-23)57(47,48)49)42-36(41-34)39-29-19-25(58(50,51)52)18-22-9-14-27(31(45)30(22)29)43-44-28-15-8-21-6-4-5-7-26(21)32(28)59(53,54)55;1-4(2)3/h4-15,18-20,45H,3,16-17H2,1-2H3,(H,47,48,49)(H,50,51,52)(H,53,54,55)(H3,37,38,39,40,41,42);. The summed E-state index contributed by atoms with van der Waals surface area (Å²) in [6, 6.07) is 18.8. The normalized spacial score (nSPS) is 12.3. The molecule has 0 saturated carbocycles. The molecule has 332 valence electrons. The Bertz CT molecular complexity index is 3210. The Morgan fingerprint density at radius 2 is 1.30 bits per heavy atom. The summed E-state index contributed by atoms with van der Waals surface area (Å²) in [5.41, 5.74) is -0.399. The first-order chi connectivity index (χ1) is 29.5. The second-order valence-corrected chi connectivity index (χ2v) is 17.6. The molecule has 63 heavy (non-hydrogen) atoms. The van der Waals surface area contributed by atoms with Crippen LogP contribution >= 0.6 is 0 Å². The lowest BCUT2D eigenvalue weighted by Gasteiger charge is -2.15. The zero-order valence-electron chi connectivity index (χ0n) is 32.4. The number of phenols is 1. The van der Waals surface area contributed by atoms with Crippen LogP contribution in [0.15, 0.2) is 110 Å². The minimum atomic E-state index is -4.84. The van der Waals surface area contributed by atoms with Gasteiger partial charge in [-0.3, -0.25) is 18.5 Å². The molecule has 27 heteroatoms. The molecule has 0 radical (unpaired) electrons. The van der Waals surface area contributed by atoms with Crippen molar-refractivity contribution in [2.45, 2.75) is 35.0 Å². The fourth-order valence-corrected chi connectivity index (χ4v) is 7.44. The molecule has 23 nitrogen and oxygen atoms in total. The van der Waals surface area contributed by atoms with E-state index >= 15 is 0 Å². The summed E-state index contributed by atoms with van der Waals surface area (Å²) in [5.74, 6) is -1.85. The van der Waals surface area contributed by atoms with Crippen LogP contribution in [0, 0.1) is 5.92 Å². The number of azo groups is 1. The van der Waals surface area contributed by atoms with Gasteiger partial charge in [0, 0.05) is 16.5 Å². The third kappa shape index (κ3) is 12.4. The maximum absolute atomic E-state index is 12.4. The summed E-state index contributed by atoms with van der Waals surface area (Å²) in [6.45, 7) is 3.51. The molecule has 0 aliphatic carbocycles. The predicted octanol–water partition coefficient (Wildman–Crippen LogP) is 5.52. The average Bonchev–Trinajstić information content (AvgIpc) is 3.20. The van der Waals surface area contributed by atoms with E-state index < -0.39 is 62.5 Å². The lowest BCUT2D eigenvalue weighted by molar-refractivity contribution is -0.147. The van der Waals surface area contributed by atoms with Gasteiger partial charge in [-0.25, -0.2) is 0 Å². The largest absolute Gasteiger partial charge is 0.505 e. The van der Waals surface area contributed by atoms with E-state index in [1.807, 2.05) is 6.92 Å². The molecule has 0 fully saturated rings. The number of aromatic nitrogens is 3. The third-order valence-electron chi connectivity index (χ3n) is 8.66. The molecule has 6 rings (SSSR count). The van der Waals surface area contributed by atoms with Gasteiger partial charge in [0.05, 0.1) is 27.9 Å². The first-order valence-electron chi connectivity index (χ1n) is 17.8. The summed E-state index contributed by atoms with van der Waals surface area (Å²) < 4.78 is 133. The number of hydrogen-bond donors (Lipinski definition) is 7. The maximum atomic E-state index is 12.4. The average molecular weight is 947 g/mol. The van der Waals surface area contributed by atoms with Crippen LogP contribution in [0.4, 0.5) is 40.6 Å². The number of aromatic hydroxyl groups is 1. The highest BCUT2D eigenvalue weighted by Gasteiger charge is 2.22. The molecule has 7 N–H and O–H groups in total. The summed E-state index contributed by atoms with van der Waals surface area (Å²) in [5, 5.41) is 28.8. The number of ether oxygens (including phenoxy) is 1. The van der Waals surface area contributed by atoms with Crippen LogP contribution in [0.5, 0.6) is 5.75 Å². The van der Waals surface area contributed by atoms with E-state index in [1.165, 1.54) is 36.4 Å². The smallest absolute Gasteiger partial charge is 0.425 e. The molecule has 0 spiro atoms. The molecule has 6 aromatic rings. The number of nitrogens with one attached hydrogen (secondary N) is 3. The first kappa shape index (κ1) is 47.3. The Morgan fingerprint density at radius 1 is 0.730 bits per heavy atom. The van der Waals surface area contributed by atoms with Crippen molar-refractivity contribution in [1.82, 2.24) is 15.0 Å². The van der Waals surface area contributed by atoms with E-state index in [1.54, 1.807) is 31.2 Å². The number of phenolic OH excluding ortho intramolecular Hbond substituents is 1. The molecule has 1 aromatic heterocycles. The number of benzene rings is 5. The lowest BCUT2D eigenvalue weighted by atomic mass is 10.1. The van der Waals surface area contributed by atoms with Gasteiger partial charge in [-0.15, -0.1) is 22.9 Å². The van der Waals surface area contributed by atoms with Gasteiger partial charge >= 0.3 is 16.6 Å². The number of anilines is 5. The summed E-state index contributed by atoms with van der Waals surface area (Å²) in [6.07, 6.45) is 0.571. The Morgan fingerprint density at radius 3 is 1.92 bits per heavy atom. The van der Waals surface area contributed by atoms with Gasteiger partial charge in [0.25, 0.3) is 30.4 Å². The highest BCUT2D eigenvalue weighted by atomic mass is 32.2. The second kappa shape index (κ2) is 19.5. The lowest BCUT2D eigenvalue weighted by Crippen LogP contribution is -2.19. The van der Waals surface area contributed by atoms with Gasteiger partial charge in [0.15, 0.2) is 5.75 Å². The van der Waals surface area contributed by atoms with Crippen LogP contribution in [0.2, 0.25) is 0 Å². The van der Waals surface area contributed by atoms with E-state index in [4.69, 9.17) is 17.4 Å². The molecule has 1 atom stereocenters. The van der Waals surface area contributed by atoms with Gasteiger partial charge in [0.1, 0.15) is 22.9 Å². The molecule has 0 saturated heterocycles. The highest BCUT2D eigenvalue weighted by molar-refractivity contribution is 7.86. The van der Waals surface area contributed by atoms with E-state index in [-0.39, 0.29) is 80.7 Å². The number of nitrogens with zero attached hydrogens (tertiary/aromatic N) is 5. The molecule has 0 amide bonds. The van der Waals surface area contributed by atoms with Crippen molar-refractivity contribution in [1.29, 1.82) is 0 Å².